The van der Waals surface area contributed by atoms with Gasteiger partial charge in [-0.1, -0.05) is 29.8 Å². The van der Waals surface area contributed by atoms with Gasteiger partial charge in [0.25, 0.3) is 0 Å². The molecule has 0 bridgehead atoms. The number of halogens is 1. The lowest BCUT2D eigenvalue weighted by Gasteiger charge is -1.92. The van der Waals surface area contributed by atoms with E-state index in [0.29, 0.717) is 0 Å². The van der Waals surface area contributed by atoms with Crippen molar-refractivity contribution in [3.63, 3.8) is 0 Å². The molecule has 3 nitrogen and oxygen atoms in total. The number of rotatable bonds is 1. The lowest BCUT2D eigenvalue weighted by atomic mass is 10.4. The zero-order valence-electron chi connectivity index (χ0n) is 7.55. The van der Waals surface area contributed by atoms with Crippen molar-refractivity contribution in [3.8, 4) is 0 Å². The highest BCUT2D eigenvalue weighted by molar-refractivity contribution is 6.30. The predicted molar refractivity (Wildman–Crippen MR) is 57.0 cm³/mol. The second-order valence-corrected chi connectivity index (χ2v) is 2.68. The summed E-state index contributed by atoms with van der Waals surface area (Å²) < 4.78 is 0. The Morgan fingerprint density at radius 1 is 1.46 bits per heavy atom. The minimum atomic E-state index is 0.0394. The van der Waals surface area contributed by atoms with E-state index >= 15 is 0 Å². The van der Waals surface area contributed by atoms with Gasteiger partial charge in [-0.25, -0.2) is 0 Å². The van der Waals surface area contributed by atoms with E-state index < -0.39 is 0 Å². The first-order valence-corrected chi connectivity index (χ1v) is 4.33. The monoisotopic (exact) mass is 199 g/mol. The maximum atomic E-state index is 6.56. The normalized spacial score (nSPS) is 8.15. The van der Waals surface area contributed by atoms with Gasteiger partial charge in [0.05, 0.1) is 0 Å². The molecule has 72 valence electrons. The first kappa shape index (κ1) is 11.8. The molecule has 0 radical (unpaired) electrons. The fraction of sp³-hybridized carbons (Fsp3) is 0.222. The molecule has 1 aromatic rings. The predicted octanol–water partition coefficient (Wildman–Crippen LogP) is 1.83. The molecule has 0 aliphatic rings. The van der Waals surface area contributed by atoms with Crippen LogP contribution in [0.25, 0.3) is 0 Å². The van der Waals surface area contributed by atoms with Crippen LogP contribution in [-0.2, 0) is 0 Å². The standard InChI is InChI=1S/C6H5Cl.C3H9N3/c7-6-4-2-1-3-5-6;1-2-6-3(4)5/h1-5H;2H2,1H3,(H4,4,5,6). The molecule has 0 saturated heterocycles. The van der Waals surface area contributed by atoms with Crippen LogP contribution in [0.1, 0.15) is 6.92 Å². The maximum absolute atomic E-state index is 6.56. The van der Waals surface area contributed by atoms with Crippen LogP contribution in [0.4, 0.5) is 0 Å². The Bertz CT molecular complexity index is 236. The molecule has 1 aromatic carbocycles. The molecule has 0 atom stereocenters. The molecule has 0 aromatic heterocycles. The molecule has 0 fully saturated rings. The molecule has 0 aliphatic carbocycles. The molecule has 1 rings (SSSR count). The highest BCUT2D eigenvalue weighted by Crippen LogP contribution is 2.03. The molecule has 4 N–H and O–H groups in total. The van der Waals surface area contributed by atoms with Gasteiger partial charge in [0.15, 0.2) is 5.96 Å². The second-order valence-electron chi connectivity index (χ2n) is 2.24. The maximum Gasteiger partial charge on any atom is 0.185 e. The molecule has 0 unspecified atom stereocenters. The van der Waals surface area contributed by atoms with Crippen molar-refractivity contribution in [1.29, 1.82) is 5.41 Å². The third-order valence-electron chi connectivity index (χ3n) is 1.10. The number of nitrogens with one attached hydrogen (secondary N) is 2. The van der Waals surface area contributed by atoms with Gasteiger partial charge in [0, 0.05) is 11.6 Å². The Labute approximate surface area is 83.4 Å². The van der Waals surface area contributed by atoms with Crippen LogP contribution in [-0.4, -0.2) is 12.5 Å². The quantitative estimate of drug-likeness (QED) is 0.477. The SMILES string of the molecule is CCNC(=N)N.Clc1ccccc1. The summed E-state index contributed by atoms with van der Waals surface area (Å²) in [6, 6.07) is 9.44. The Morgan fingerprint density at radius 2 is 2.00 bits per heavy atom. The number of guanidine groups is 1. The van der Waals surface area contributed by atoms with Gasteiger partial charge in [-0.3, -0.25) is 5.41 Å². The Hall–Kier alpha value is -1.22. The van der Waals surface area contributed by atoms with E-state index in [9.17, 15) is 0 Å². The third kappa shape index (κ3) is 8.69. The fourth-order valence-electron chi connectivity index (χ4n) is 0.605. The van der Waals surface area contributed by atoms with Crippen LogP contribution in [0.3, 0.4) is 0 Å². The summed E-state index contributed by atoms with van der Waals surface area (Å²) in [6.07, 6.45) is 0. The highest BCUT2D eigenvalue weighted by Gasteiger charge is 1.75. The smallest absolute Gasteiger partial charge is 0.185 e. The Kier molecular flexibility index (Phi) is 6.73. The zero-order chi connectivity index (χ0) is 10.1. The number of hydrogen-bond acceptors (Lipinski definition) is 1. The van der Waals surface area contributed by atoms with Crippen molar-refractivity contribution in [2.45, 2.75) is 6.92 Å². The van der Waals surface area contributed by atoms with Crippen LogP contribution >= 0.6 is 11.6 Å². The second kappa shape index (κ2) is 7.43. The fourth-order valence-corrected chi connectivity index (χ4v) is 0.751. The topological polar surface area (TPSA) is 61.9 Å². The van der Waals surface area contributed by atoms with Crippen molar-refractivity contribution in [3.05, 3.63) is 35.4 Å². The van der Waals surface area contributed by atoms with E-state index in [2.05, 4.69) is 5.32 Å². The molecule has 4 heteroatoms. The van der Waals surface area contributed by atoms with Crippen LogP contribution in [0.5, 0.6) is 0 Å². The van der Waals surface area contributed by atoms with Gasteiger partial charge >= 0.3 is 0 Å². The van der Waals surface area contributed by atoms with E-state index in [0.717, 1.165) is 11.6 Å². The molecule has 0 heterocycles. The molecule has 0 saturated carbocycles. The number of nitrogens with two attached hydrogens (primary N) is 1. The van der Waals surface area contributed by atoms with Gasteiger partial charge < -0.3 is 11.1 Å². The molecule has 0 spiro atoms. The van der Waals surface area contributed by atoms with Crippen LogP contribution < -0.4 is 11.1 Å². The first-order chi connectivity index (χ1) is 6.16. The molecular formula is C9H14ClN3. The van der Waals surface area contributed by atoms with Gasteiger partial charge in [-0.2, -0.15) is 0 Å². The Balaban J connectivity index is 0.000000226. The minimum absolute atomic E-state index is 0.0394. The van der Waals surface area contributed by atoms with E-state index in [4.69, 9.17) is 22.7 Å². The van der Waals surface area contributed by atoms with Crippen molar-refractivity contribution in [2.24, 2.45) is 5.73 Å². The highest BCUT2D eigenvalue weighted by atomic mass is 35.5. The van der Waals surface area contributed by atoms with Crippen molar-refractivity contribution in [1.82, 2.24) is 5.32 Å². The minimum Gasteiger partial charge on any atom is -0.370 e. The Morgan fingerprint density at radius 3 is 2.15 bits per heavy atom. The van der Waals surface area contributed by atoms with Crippen LogP contribution in [0.2, 0.25) is 5.02 Å². The summed E-state index contributed by atoms with van der Waals surface area (Å²) in [5, 5.41) is 9.92. The summed E-state index contributed by atoms with van der Waals surface area (Å²) in [7, 11) is 0. The van der Waals surface area contributed by atoms with Gasteiger partial charge in [-0.05, 0) is 19.1 Å². The van der Waals surface area contributed by atoms with Crippen molar-refractivity contribution in [2.75, 3.05) is 6.54 Å². The third-order valence-corrected chi connectivity index (χ3v) is 1.35. The summed E-state index contributed by atoms with van der Waals surface area (Å²) in [5.41, 5.74) is 4.88. The number of hydrogen-bond donors (Lipinski definition) is 3. The average Bonchev–Trinajstić information content (AvgIpc) is 2.06. The van der Waals surface area contributed by atoms with Gasteiger partial charge in [-0.15, -0.1) is 0 Å². The molecule has 0 amide bonds. The summed E-state index contributed by atoms with van der Waals surface area (Å²) in [4.78, 5) is 0. The first-order valence-electron chi connectivity index (χ1n) is 3.95. The summed E-state index contributed by atoms with van der Waals surface area (Å²) in [6.45, 7) is 2.62. The van der Waals surface area contributed by atoms with Crippen LogP contribution in [0.15, 0.2) is 30.3 Å². The molecule has 0 aliphatic heterocycles. The number of benzene rings is 1. The molecule has 13 heavy (non-hydrogen) atoms. The van der Waals surface area contributed by atoms with Crippen molar-refractivity contribution >= 4 is 17.6 Å². The zero-order valence-corrected chi connectivity index (χ0v) is 8.31. The van der Waals surface area contributed by atoms with Gasteiger partial charge in [0.2, 0.25) is 0 Å². The van der Waals surface area contributed by atoms with Gasteiger partial charge in [0.1, 0.15) is 0 Å². The van der Waals surface area contributed by atoms with E-state index in [1.807, 2.05) is 37.3 Å². The largest absolute Gasteiger partial charge is 0.370 e. The summed E-state index contributed by atoms with van der Waals surface area (Å²) in [5.74, 6) is 0.0394. The summed E-state index contributed by atoms with van der Waals surface area (Å²) >= 11 is 5.54. The van der Waals surface area contributed by atoms with Crippen LogP contribution in [0, 0.1) is 5.41 Å². The van der Waals surface area contributed by atoms with E-state index in [1.54, 1.807) is 0 Å². The lowest BCUT2D eigenvalue weighted by molar-refractivity contribution is 0.945. The van der Waals surface area contributed by atoms with Crippen molar-refractivity contribution < 1.29 is 0 Å². The lowest BCUT2D eigenvalue weighted by Crippen LogP contribution is -2.29. The van der Waals surface area contributed by atoms with E-state index in [1.165, 1.54) is 0 Å². The van der Waals surface area contributed by atoms with E-state index in [-0.39, 0.29) is 5.96 Å². The average molecular weight is 200 g/mol. The molecular weight excluding hydrogens is 186 g/mol.